The molecule has 1 aromatic rings. The molecule has 0 spiro atoms. The Morgan fingerprint density at radius 2 is 1.94 bits per heavy atom. The Balaban J connectivity index is 1.97. The van der Waals surface area contributed by atoms with Crippen molar-refractivity contribution < 1.29 is 4.79 Å². The molecule has 0 radical (unpaired) electrons. The molecule has 1 aliphatic rings. The normalized spacial score (nSPS) is 15.7. The van der Waals surface area contributed by atoms with Crippen LogP contribution in [0.4, 0.5) is 0 Å². The van der Waals surface area contributed by atoms with E-state index in [1.807, 2.05) is 12.1 Å². The van der Waals surface area contributed by atoms with E-state index in [1.54, 1.807) is 0 Å². The van der Waals surface area contributed by atoms with Gasteiger partial charge in [-0.1, -0.05) is 41.9 Å². The number of carbonyl (C=O) groups is 1. The Hall–Kier alpha value is -0.830. The molecule has 1 saturated carbocycles. The molecule has 0 aliphatic heterocycles. The number of hydrogen-bond donors (Lipinski definition) is 1. The van der Waals surface area contributed by atoms with Crippen molar-refractivity contribution in [2.24, 2.45) is 5.92 Å². The van der Waals surface area contributed by atoms with Crippen molar-refractivity contribution in [2.75, 3.05) is 6.54 Å². The lowest BCUT2D eigenvalue weighted by Gasteiger charge is -2.25. The highest BCUT2D eigenvalue weighted by atomic mass is 79.9. The van der Waals surface area contributed by atoms with Crippen molar-refractivity contribution in [2.45, 2.75) is 32.1 Å². The average molecular weight is 296 g/mol. The van der Waals surface area contributed by atoms with E-state index in [0.717, 1.165) is 17.3 Å². The van der Waals surface area contributed by atoms with E-state index in [1.165, 1.54) is 5.56 Å². The predicted octanol–water partition coefficient (Wildman–Crippen LogP) is 3.25. The van der Waals surface area contributed by atoms with Crippen LogP contribution in [0.15, 0.2) is 28.7 Å². The van der Waals surface area contributed by atoms with Crippen LogP contribution in [0.1, 0.15) is 32.3 Å². The summed E-state index contributed by atoms with van der Waals surface area (Å²) in [4.78, 5) is 11.6. The largest absolute Gasteiger partial charge is 0.355 e. The van der Waals surface area contributed by atoms with Gasteiger partial charge in [0.2, 0.25) is 5.91 Å². The summed E-state index contributed by atoms with van der Waals surface area (Å²) in [5, 5.41) is 3.05. The predicted molar refractivity (Wildman–Crippen MR) is 72.9 cm³/mol. The maximum Gasteiger partial charge on any atom is 0.223 e. The SMILES string of the molecule is CC(C)(CNC(=O)C1CC1)c1ccc(Br)cc1. The fraction of sp³-hybridized carbons (Fsp3) is 0.500. The van der Waals surface area contributed by atoms with Crippen LogP contribution in [0.5, 0.6) is 0 Å². The van der Waals surface area contributed by atoms with Gasteiger partial charge in [-0.3, -0.25) is 4.79 Å². The van der Waals surface area contributed by atoms with Crippen LogP contribution in [-0.4, -0.2) is 12.5 Å². The quantitative estimate of drug-likeness (QED) is 0.908. The Bertz CT molecular complexity index is 407. The van der Waals surface area contributed by atoms with Crippen LogP contribution in [0.25, 0.3) is 0 Å². The summed E-state index contributed by atoms with van der Waals surface area (Å²) in [5.74, 6) is 0.505. The molecule has 1 fully saturated rings. The Kier molecular flexibility index (Phi) is 3.57. The van der Waals surface area contributed by atoms with Crippen molar-refractivity contribution in [3.63, 3.8) is 0 Å². The first-order valence-corrected chi connectivity index (χ1v) is 6.82. The van der Waals surface area contributed by atoms with E-state index in [-0.39, 0.29) is 17.2 Å². The van der Waals surface area contributed by atoms with Gasteiger partial charge in [0.15, 0.2) is 0 Å². The van der Waals surface area contributed by atoms with Gasteiger partial charge < -0.3 is 5.32 Å². The summed E-state index contributed by atoms with van der Waals surface area (Å²) >= 11 is 3.43. The minimum absolute atomic E-state index is 0.0226. The second-order valence-electron chi connectivity index (χ2n) is 5.38. The second kappa shape index (κ2) is 4.81. The van der Waals surface area contributed by atoms with Crippen molar-refractivity contribution in [3.05, 3.63) is 34.3 Å². The van der Waals surface area contributed by atoms with Crippen molar-refractivity contribution in [1.82, 2.24) is 5.32 Å². The van der Waals surface area contributed by atoms with Crippen molar-refractivity contribution in [1.29, 1.82) is 0 Å². The highest BCUT2D eigenvalue weighted by Gasteiger charge is 2.31. The molecular formula is C14H18BrNO. The zero-order chi connectivity index (χ0) is 12.5. The minimum atomic E-state index is -0.0226. The van der Waals surface area contributed by atoms with Gasteiger partial charge in [0.25, 0.3) is 0 Å². The van der Waals surface area contributed by atoms with Gasteiger partial charge in [0.1, 0.15) is 0 Å². The molecule has 0 heterocycles. The third-order valence-corrected chi connectivity index (χ3v) is 3.81. The van der Waals surface area contributed by atoms with Gasteiger partial charge in [-0.15, -0.1) is 0 Å². The monoisotopic (exact) mass is 295 g/mol. The van der Waals surface area contributed by atoms with Gasteiger partial charge in [0, 0.05) is 22.4 Å². The van der Waals surface area contributed by atoms with Crippen LogP contribution in [0.3, 0.4) is 0 Å². The summed E-state index contributed by atoms with van der Waals surface area (Å²) < 4.78 is 1.08. The Morgan fingerprint density at radius 1 is 1.35 bits per heavy atom. The average Bonchev–Trinajstić information content (AvgIpc) is 3.10. The van der Waals surface area contributed by atoms with Gasteiger partial charge in [-0.2, -0.15) is 0 Å². The van der Waals surface area contributed by atoms with E-state index >= 15 is 0 Å². The zero-order valence-electron chi connectivity index (χ0n) is 10.3. The molecule has 0 unspecified atom stereocenters. The third-order valence-electron chi connectivity index (χ3n) is 3.28. The number of hydrogen-bond acceptors (Lipinski definition) is 1. The molecule has 0 aromatic heterocycles. The first kappa shape index (κ1) is 12.6. The number of halogens is 1. The molecule has 2 nitrogen and oxygen atoms in total. The molecule has 0 saturated heterocycles. The fourth-order valence-corrected chi connectivity index (χ4v) is 2.07. The first-order chi connectivity index (χ1) is 7.99. The maximum atomic E-state index is 11.6. The summed E-state index contributed by atoms with van der Waals surface area (Å²) in [5.41, 5.74) is 1.22. The number of nitrogens with one attached hydrogen (secondary N) is 1. The number of benzene rings is 1. The molecule has 92 valence electrons. The third kappa shape index (κ3) is 3.32. The number of rotatable bonds is 4. The highest BCUT2D eigenvalue weighted by Crippen LogP contribution is 2.29. The van der Waals surface area contributed by atoms with Crippen LogP contribution < -0.4 is 5.32 Å². The van der Waals surface area contributed by atoms with Gasteiger partial charge in [-0.05, 0) is 30.5 Å². The summed E-state index contributed by atoms with van der Waals surface area (Å²) in [6.07, 6.45) is 2.12. The molecule has 1 N–H and O–H groups in total. The van der Waals surface area contributed by atoms with E-state index in [4.69, 9.17) is 0 Å². The van der Waals surface area contributed by atoms with Crippen molar-refractivity contribution >= 4 is 21.8 Å². The molecule has 0 bridgehead atoms. The van der Waals surface area contributed by atoms with Crippen LogP contribution in [0, 0.1) is 5.92 Å². The lowest BCUT2D eigenvalue weighted by Crippen LogP contribution is -2.37. The van der Waals surface area contributed by atoms with Gasteiger partial charge >= 0.3 is 0 Å². The number of carbonyl (C=O) groups excluding carboxylic acids is 1. The first-order valence-electron chi connectivity index (χ1n) is 6.03. The highest BCUT2D eigenvalue weighted by molar-refractivity contribution is 9.10. The van der Waals surface area contributed by atoms with E-state index in [2.05, 4.69) is 47.2 Å². The summed E-state index contributed by atoms with van der Waals surface area (Å²) in [6.45, 7) is 5.01. The Labute approximate surface area is 111 Å². The molecule has 1 amide bonds. The van der Waals surface area contributed by atoms with E-state index < -0.39 is 0 Å². The van der Waals surface area contributed by atoms with E-state index in [9.17, 15) is 4.79 Å². The molecule has 1 aromatic carbocycles. The molecule has 17 heavy (non-hydrogen) atoms. The minimum Gasteiger partial charge on any atom is -0.355 e. The van der Waals surface area contributed by atoms with Crippen LogP contribution >= 0.6 is 15.9 Å². The van der Waals surface area contributed by atoms with Gasteiger partial charge in [-0.25, -0.2) is 0 Å². The smallest absolute Gasteiger partial charge is 0.223 e. The van der Waals surface area contributed by atoms with Crippen molar-refractivity contribution in [3.8, 4) is 0 Å². The lowest BCUT2D eigenvalue weighted by molar-refractivity contribution is -0.122. The molecule has 0 atom stereocenters. The fourth-order valence-electron chi connectivity index (χ4n) is 1.80. The standard InChI is InChI=1S/C14H18BrNO/c1-14(2,9-16-13(17)10-3-4-10)11-5-7-12(15)8-6-11/h5-8,10H,3-4,9H2,1-2H3,(H,16,17). The summed E-state index contributed by atoms with van der Waals surface area (Å²) in [6, 6.07) is 8.29. The Morgan fingerprint density at radius 3 is 2.47 bits per heavy atom. The second-order valence-corrected chi connectivity index (χ2v) is 6.30. The molecule has 2 rings (SSSR count). The zero-order valence-corrected chi connectivity index (χ0v) is 11.9. The summed E-state index contributed by atoms with van der Waals surface area (Å²) in [7, 11) is 0. The van der Waals surface area contributed by atoms with Gasteiger partial charge in [0.05, 0.1) is 0 Å². The molecular weight excluding hydrogens is 278 g/mol. The topological polar surface area (TPSA) is 29.1 Å². The lowest BCUT2D eigenvalue weighted by atomic mass is 9.84. The van der Waals surface area contributed by atoms with E-state index in [0.29, 0.717) is 6.54 Å². The number of amides is 1. The molecule has 1 aliphatic carbocycles. The maximum absolute atomic E-state index is 11.6. The molecule has 3 heteroatoms. The van der Waals surface area contributed by atoms with Crippen LogP contribution in [0.2, 0.25) is 0 Å². The van der Waals surface area contributed by atoms with Crippen LogP contribution in [-0.2, 0) is 10.2 Å².